The van der Waals surface area contributed by atoms with Gasteiger partial charge in [0, 0.05) is 16.9 Å². The van der Waals surface area contributed by atoms with Crippen molar-refractivity contribution in [3.8, 4) is 5.75 Å². The highest BCUT2D eigenvalue weighted by Crippen LogP contribution is 2.27. The van der Waals surface area contributed by atoms with E-state index in [4.69, 9.17) is 4.74 Å². The molecule has 3 aromatic carbocycles. The van der Waals surface area contributed by atoms with Crippen LogP contribution in [0, 0.1) is 13.8 Å². The molecule has 0 unspecified atom stereocenters. The van der Waals surface area contributed by atoms with Crippen LogP contribution >= 0.6 is 0 Å². The van der Waals surface area contributed by atoms with Gasteiger partial charge >= 0.3 is 0 Å². The molecular weight excluding hydrogens is 388 g/mol. The lowest BCUT2D eigenvalue weighted by molar-refractivity contribution is 0.102. The van der Waals surface area contributed by atoms with Gasteiger partial charge in [-0.25, -0.2) is 8.42 Å². The van der Waals surface area contributed by atoms with E-state index in [0.29, 0.717) is 11.4 Å². The smallest absolute Gasteiger partial charge is 0.265 e. The van der Waals surface area contributed by atoms with Crippen molar-refractivity contribution in [1.82, 2.24) is 0 Å². The number of carbonyl (C=O) groups is 1. The van der Waals surface area contributed by atoms with Crippen LogP contribution in [0.2, 0.25) is 0 Å². The van der Waals surface area contributed by atoms with Gasteiger partial charge in [-0.15, -0.1) is 0 Å². The maximum atomic E-state index is 12.9. The second-order valence-corrected chi connectivity index (χ2v) is 8.26. The maximum Gasteiger partial charge on any atom is 0.265 e. The molecule has 0 radical (unpaired) electrons. The molecular formula is C22H22N2O4S. The minimum absolute atomic E-state index is 0.113. The minimum atomic E-state index is -3.96. The van der Waals surface area contributed by atoms with Crippen molar-refractivity contribution >= 4 is 27.3 Å². The molecule has 0 saturated carbocycles. The van der Waals surface area contributed by atoms with Crippen LogP contribution in [0.4, 0.5) is 11.4 Å². The summed E-state index contributed by atoms with van der Waals surface area (Å²) < 4.78 is 33.6. The van der Waals surface area contributed by atoms with Crippen LogP contribution in [0.3, 0.4) is 0 Å². The lowest BCUT2D eigenvalue weighted by atomic mass is 10.1. The number of ether oxygens (including phenoxy) is 1. The summed E-state index contributed by atoms with van der Waals surface area (Å²) in [7, 11) is -2.58. The van der Waals surface area contributed by atoms with Crippen LogP contribution in [0.5, 0.6) is 5.75 Å². The SMILES string of the molecule is COc1ccc(C(=O)Nc2ccccc2C)cc1S(=O)(=O)Nc1ccc(C)cc1. The van der Waals surface area contributed by atoms with Crippen molar-refractivity contribution in [2.24, 2.45) is 0 Å². The van der Waals surface area contributed by atoms with Crippen LogP contribution in [0.15, 0.2) is 71.6 Å². The Morgan fingerprint density at radius 3 is 2.28 bits per heavy atom. The number of hydrogen-bond donors (Lipinski definition) is 2. The molecule has 150 valence electrons. The van der Waals surface area contributed by atoms with Gasteiger partial charge in [0.25, 0.3) is 15.9 Å². The van der Waals surface area contributed by atoms with Crippen molar-refractivity contribution in [3.05, 3.63) is 83.4 Å². The van der Waals surface area contributed by atoms with Gasteiger partial charge in [0.05, 0.1) is 7.11 Å². The Morgan fingerprint density at radius 1 is 0.931 bits per heavy atom. The molecule has 0 aliphatic carbocycles. The Kier molecular flexibility index (Phi) is 5.89. The molecule has 0 aliphatic rings. The van der Waals surface area contributed by atoms with E-state index in [2.05, 4.69) is 10.0 Å². The normalized spacial score (nSPS) is 11.0. The predicted octanol–water partition coefficient (Wildman–Crippen LogP) is 4.37. The Hall–Kier alpha value is -3.32. The Bertz CT molecular complexity index is 1140. The highest BCUT2D eigenvalue weighted by atomic mass is 32.2. The zero-order valence-corrected chi connectivity index (χ0v) is 17.2. The maximum absolute atomic E-state index is 12.9. The van der Waals surface area contributed by atoms with Gasteiger partial charge in [-0.3, -0.25) is 9.52 Å². The van der Waals surface area contributed by atoms with E-state index in [9.17, 15) is 13.2 Å². The Morgan fingerprint density at radius 2 is 1.62 bits per heavy atom. The van der Waals surface area contributed by atoms with Crippen LogP contribution in [0.25, 0.3) is 0 Å². The van der Waals surface area contributed by atoms with E-state index in [-0.39, 0.29) is 16.2 Å². The molecule has 3 aromatic rings. The number of carbonyl (C=O) groups excluding carboxylic acids is 1. The quantitative estimate of drug-likeness (QED) is 0.632. The van der Waals surface area contributed by atoms with Gasteiger partial charge in [0.2, 0.25) is 0 Å². The number of amides is 1. The molecule has 3 rings (SSSR count). The molecule has 0 atom stereocenters. The molecule has 0 aromatic heterocycles. The van der Waals surface area contributed by atoms with Gasteiger partial charge in [0.15, 0.2) is 0 Å². The molecule has 1 amide bonds. The monoisotopic (exact) mass is 410 g/mol. The highest BCUT2D eigenvalue weighted by molar-refractivity contribution is 7.92. The first-order valence-electron chi connectivity index (χ1n) is 8.94. The van der Waals surface area contributed by atoms with Gasteiger partial charge in [-0.2, -0.15) is 0 Å². The fourth-order valence-corrected chi connectivity index (χ4v) is 4.02. The lowest BCUT2D eigenvalue weighted by Gasteiger charge is -2.14. The number of aryl methyl sites for hydroxylation is 2. The lowest BCUT2D eigenvalue weighted by Crippen LogP contribution is -2.17. The Balaban J connectivity index is 1.93. The summed E-state index contributed by atoms with van der Waals surface area (Å²) in [5.41, 5.74) is 3.21. The predicted molar refractivity (Wildman–Crippen MR) is 114 cm³/mol. The average Bonchev–Trinajstić information content (AvgIpc) is 2.70. The van der Waals surface area contributed by atoms with Crippen molar-refractivity contribution in [3.63, 3.8) is 0 Å². The number of hydrogen-bond acceptors (Lipinski definition) is 4. The average molecular weight is 410 g/mol. The van der Waals surface area contributed by atoms with E-state index >= 15 is 0 Å². The second-order valence-electron chi connectivity index (χ2n) is 6.61. The summed E-state index contributed by atoms with van der Waals surface area (Å²) in [5.74, 6) is -0.259. The third-order valence-electron chi connectivity index (χ3n) is 4.41. The summed E-state index contributed by atoms with van der Waals surface area (Å²) in [6.45, 7) is 3.79. The van der Waals surface area contributed by atoms with E-state index < -0.39 is 15.9 Å². The van der Waals surface area contributed by atoms with E-state index in [1.165, 1.54) is 25.3 Å². The molecule has 0 spiro atoms. The summed E-state index contributed by atoms with van der Waals surface area (Å²) in [6.07, 6.45) is 0. The molecule has 29 heavy (non-hydrogen) atoms. The van der Waals surface area contributed by atoms with Gasteiger partial charge < -0.3 is 10.1 Å². The molecule has 0 fully saturated rings. The number of anilines is 2. The third-order valence-corrected chi connectivity index (χ3v) is 5.81. The Labute approximate surface area is 170 Å². The van der Waals surface area contributed by atoms with Crippen LogP contribution in [0.1, 0.15) is 21.5 Å². The first-order valence-corrected chi connectivity index (χ1v) is 10.4. The van der Waals surface area contributed by atoms with Gasteiger partial charge in [-0.1, -0.05) is 35.9 Å². The van der Waals surface area contributed by atoms with E-state index in [1.54, 1.807) is 30.3 Å². The zero-order valence-electron chi connectivity index (χ0n) is 16.4. The molecule has 0 bridgehead atoms. The summed E-state index contributed by atoms with van der Waals surface area (Å²) in [5, 5.41) is 2.80. The fourth-order valence-electron chi connectivity index (χ4n) is 2.77. The van der Waals surface area contributed by atoms with Gasteiger partial charge in [-0.05, 0) is 55.8 Å². The molecule has 7 heteroatoms. The fraction of sp³-hybridized carbons (Fsp3) is 0.136. The number of nitrogens with one attached hydrogen (secondary N) is 2. The van der Waals surface area contributed by atoms with Crippen molar-refractivity contribution in [2.45, 2.75) is 18.7 Å². The molecule has 0 aliphatic heterocycles. The van der Waals surface area contributed by atoms with Crippen molar-refractivity contribution < 1.29 is 17.9 Å². The first kappa shape index (κ1) is 20.4. The van der Waals surface area contributed by atoms with E-state index in [0.717, 1.165) is 11.1 Å². The van der Waals surface area contributed by atoms with Crippen LogP contribution in [-0.2, 0) is 10.0 Å². The topological polar surface area (TPSA) is 84.5 Å². The zero-order chi connectivity index (χ0) is 21.0. The summed E-state index contributed by atoms with van der Waals surface area (Å²) in [4.78, 5) is 12.6. The summed E-state index contributed by atoms with van der Waals surface area (Å²) >= 11 is 0. The standard InChI is InChI=1S/C22H22N2O4S/c1-15-8-11-18(12-9-15)24-29(26,27)21-14-17(10-13-20(21)28-3)22(25)23-19-7-5-4-6-16(19)2/h4-14,24H,1-3H3,(H,23,25). The molecule has 0 heterocycles. The number of rotatable bonds is 6. The third kappa shape index (κ3) is 4.75. The summed E-state index contributed by atoms with van der Waals surface area (Å²) in [6, 6.07) is 18.6. The molecule has 2 N–H and O–H groups in total. The van der Waals surface area contributed by atoms with Crippen molar-refractivity contribution in [2.75, 3.05) is 17.1 Å². The number of methoxy groups -OCH3 is 1. The van der Waals surface area contributed by atoms with Crippen LogP contribution in [-0.4, -0.2) is 21.4 Å². The minimum Gasteiger partial charge on any atom is -0.495 e. The first-order chi connectivity index (χ1) is 13.8. The molecule has 6 nitrogen and oxygen atoms in total. The number of sulfonamides is 1. The second kappa shape index (κ2) is 8.36. The van der Waals surface area contributed by atoms with Crippen molar-refractivity contribution in [1.29, 1.82) is 0 Å². The highest BCUT2D eigenvalue weighted by Gasteiger charge is 2.22. The van der Waals surface area contributed by atoms with Crippen LogP contribution < -0.4 is 14.8 Å². The largest absolute Gasteiger partial charge is 0.495 e. The number of para-hydroxylation sites is 1. The molecule has 0 saturated heterocycles. The van der Waals surface area contributed by atoms with E-state index in [1.807, 2.05) is 32.0 Å². The van der Waals surface area contributed by atoms with Gasteiger partial charge in [0.1, 0.15) is 10.6 Å². The number of benzene rings is 3.